The van der Waals surface area contributed by atoms with Gasteiger partial charge in [-0.05, 0) is 37.1 Å². The van der Waals surface area contributed by atoms with Gasteiger partial charge in [0.1, 0.15) is 6.04 Å². The van der Waals surface area contributed by atoms with Crippen LogP contribution < -0.4 is 0 Å². The van der Waals surface area contributed by atoms with Gasteiger partial charge in [-0.2, -0.15) is 5.26 Å². The van der Waals surface area contributed by atoms with Crippen molar-refractivity contribution in [3.8, 4) is 11.8 Å². The Morgan fingerprint density at radius 1 is 1.21 bits per heavy atom. The minimum absolute atomic E-state index is 0.00266. The van der Waals surface area contributed by atoms with E-state index in [0.29, 0.717) is 24.7 Å². The fraction of sp³-hybridized carbons (Fsp3) is 0.389. The molecule has 2 fully saturated rings. The Morgan fingerprint density at radius 2 is 2.00 bits per heavy atom. The number of hydrogen-bond acceptors (Lipinski definition) is 4. The molecule has 1 saturated heterocycles. The molecule has 2 aromatic rings. The Morgan fingerprint density at radius 3 is 2.62 bits per heavy atom. The number of piperazine rings is 1. The van der Waals surface area contributed by atoms with Gasteiger partial charge < -0.3 is 9.47 Å². The highest BCUT2D eigenvalue weighted by atomic mass is 16.2. The molecule has 1 aromatic carbocycles. The number of nitriles is 1. The first-order chi connectivity index (χ1) is 11.8. The average Bonchev–Trinajstić information content (AvgIpc) is 3.34. The van der Waals surface area contributed by atoms with Crippen LogP contribution >= 0.6 is 0 Å². The number of nitrogens with zero attached hydrogens (tertiary/aromatic N) is 5. The monoisotopic (exact) mass is 321 g/mol. The molecule has 4 rings (SSSR count). The molecule has 0 bridgehead atoms. The van der Waals surface area contributed by atoms with Gasteiger partial charge in [0.25, 0.3) is 5.91 Å². The van der Waals surface area contributed by atoms with Gasteiger partial charge in [-0.3, -0.25) is 9.69 Å². The molecule has 0 radical (unpaired) electrons. The molecule has 1 aliphatic heterocycles. The van der Waals surface area contributed by atoms with Crippen molar-refractivity contribution in [1.82, 2.24) is 19.4 Å². The molecule has 6 heteroatoms. The van der Waals surface area contributed by atoms with Gasteiger partial charge in [-0.15, -0.1) is 0 Å². The highest BCUT2D eigenvalue weighted by molar-refractivity contribution is 5.94. The fourth-order valence-electron chi connectivity index (χ4n) is 3.31. The lowest BCUT2D eigenvalue weighted by Crippen LogP contribution is -2.54. The molecule has 1 saturated carbocycles. The average molecular weight is 321 g/mol. The maximum absolute atomic E-state index is 12.7. The molecule has 1 aliphatic carbocycles. The normalized spacial score (nSPS) is 21.5. The zero-order valence-electron chi connectivity index (χ0n) is 13.4. The van der Waals surface area contributed by atoms with Gasteiger partial charge in [0.2, 0.25) is 0 Å². The van der Waals surface area contributed by atoms with E-state index in [1.54, 1.807) is 17.4 Å². The number of carbonyl (C=O) groups excluding carboxylic acids is 1. The number of amides is 1. The van der Waals surface area contributed by atoms with Gasteiger partial charge in [-0.1, -0.05) is 0 Å². The standard InChI is InChI=1S/C18H19N5O/c19-11-17-12-21(9-10-23(17)16-5-6-16)18(24)14-1-3-15(4-2-14)22-8-7-20-13-22/h1-4,7-8,13,16-17H,5-6,9-10,12H2. The van der Waals surface area contributed by atoms with Crippen molar-refractivity contribution in [2.75, 3.05) is 19.6 Å². The number of aromatic nitrogens is 2. The molecule has 24 heavy (non-hydrogen) atoms. The minimum Gasteiger partial charge on any atom is -0.335 e. The molecule has 122 valence electrons. The summed E-state index contributed by atoms with van der Waals surface area (Å²) in [5, 5.41) is 9.41. The van der Waals surface area contributed by atoms with Gasteiger partial charge in [-0.25, -0.2) is 4.98 Å². The molecule has 2 aliphatic rings. The second-order valence-electron chi connectivity index (χ2n) is 6.38. The maximum atomic E-state index is 12.7. The van der Waals surface area contributed by atoms with Crippen LogP contribution in [0.3, 0.4) is 0 Å². The van der Waals surface area contributed by atoms with Crippen molar-refractivity contribution in [3.63, 3.8) is 0 Å². The Balaban J connectivity index is 1.46. The summed E-state index contributed by atoms with van der Waals surface area (Å²) < 4.78 is 1.90. The molecular weight excluding hydrogens is 302 g/mol. The molecule has 1 unspecified atom stereocenters. The van der Waals surface area contributed by atoms with E-state index in [1.807, 2.05) is 35.0 Å². The lowest BCUT2D eigenvalue weighted by Gasteiger charge is -2.38. The van der Waals surface area contributed by atoms with E-state index in [2.05, 4.69) is 16.0 Å². The first-order valence-electron chi connectivity index (χ1n) is 8.29. The number of imidazole rings is 1. The number of carbonyl (C=O) groups is 1. The summed E-state index contributed by atoms with van der Waals surface area (Å²) in [5.41, 5.74) is 1.63. The first kappa shape index (κ1) is 14.9. The molecule has 0 N–H and O–H groups in total. The van der Waals surface area contributed by atoms with E-state index < -0.39 is 0 Å². The van der Waals surface area contributed by atoms with Crippen molar-refractivity contribution in [3.05, 3.63) is 48.5 Å². The smallest absolute Gasteiger partial charge is 0.253 e. The second-order valence-corrected chi connectivity index (χ2v) is 6.38. The fourth-order valence-corrected chi connectivity index (χ4v) is 3.31. The maximum Gasteiger partial charge on any atom is 0.253 e. The van der Waals surface area contributed by atoms with Crippen molar-refractivity contribution >= 4 is 5.91 Å². The van der Waals surface area contributed by atoms with E-state index in [4.69, 9.17) is 0 Å². The lowest BCUT2D eigenvalue weighted by molar-refractivity contribution is 0.0550. The molecule has 2 heterocycles. The van der Waals surface area contributed by atoms with Crippen LogP contribution in [0.2, 0.25) is 0 Å². The van der Waals surface area contributed by atoms with Gasteiger partial charge in [0.05, 0.1) is 12.4 Å². The van der Waals surface area contributed by atoms with Crippen molar-refractivity contribution < 1.29 is 4.79 Å². The summed E-state index contributed by atoms with van der Waals surface area (Å²) in [6.07, 6.45) is 7.68. The lowest BCUT2D eigenvalue weighted by atomic mass is 10.1. The Hall–Kier alpha value is -2.65. The van der Waals surface area contributed by atoms with Crippen LogP contribution in [0.5, 0.6) is 0 Å². The van der Waals surface area contributed by atoms with E-state index >= 15 is 0 Å². The molecule has 6 nitrogen and oxygen atoms in total. The second kappa shape index (κ2) is 6.10. The first-order valence-corrected chi connectivity index (χ1v) is 8.29. The summed E-state index contributed by atoms with van der Waals surface area (Å²) in [6.45, 7) is 1.98. The van der Waals surface area contributed by atoms with Crippen LogP contribution in [-0.2, 0) is 0 Å². The van der Waals surface area contributed by atoms with E-state index in [0.717, 1.165) is 12.2 Å². The Bertz CT molecular complexity index is 758. The SMILES string of the molecule is N#CC1CN(C(=O)c2ccc(-n3ccnc3)cc2)CCN1C1CC1. The highest BCUT2D eigenvalue weighted by Crippen LogP contribution is 2.30. The van der Waals surface area contributed by atoms with Crippen LogP contribution in [0.4, 0.5) is 0 Å². The van der Waals surface area contributed by atoms with Crippen molar-refractivity contribution in [2.45, 2.75) is 24.9 Å². The van der Waals surface area contributed by atoms with Crippen molar-refractivity contribution in [1.29, 1.82) is 5.26 Å². The van der Waals surface area contributed by atoms with E-state index in [-0.39, 0.29) is 11.9 Å². The Labute approximate surface area is 140 Å². The van der Waals surface area contributed by atoms with E-state index in [1.165, 1.54) is 12.8 Å². The molecular formula is C18H19N5O. The topological polar surface area (TPSA) is 65.2 Å². The van der Waals surface area contributed by atoms with Crippen LogP contribution in [0, 0.1) is 11.3 Å². The quantitative estimate of drug-likeness (QED) is 0.863. The molecule has 1 amide bonds. The highest BCUT2D eigenvalue weighted by Gasteiger charge is 2.38. The third-order valence-electron chi connectivity index (χ3n) is 4.79. The number of benzene rings is 1. The Kier molecular flexibility index (Phi) is 3.79. The van der Waals surface area contributed by atoms with Crippen LogP contribution in [0.15, 0.2) is 43.0 Å². The summed E-state index contributed by atoms with van der Waals surface area (Å²) >= 11 is 0. The van der Waals surface area contributed by atoms with Crippen LogP contribution in [0.1, 0.15) is 23.2 Å². The molecule has 1 atom stereocenters. The molecule has 0 spiro atoms. The largest absolute Gasteiger partial charge is 0.335 e. The zero-order chi connectivity index (χ0) is 16.5. The molecule has 1 aromatic heterocycles. The van der Waals surface area contributed by atoms with Gasteiger partial charge in [0.15, 0.2) is 0 Å². The van der Waals surface area contributed by atoms with E-state index in [9.17, 15) is 10.1 Å². The zero-order valence-corrected chi connectivity index (χ0v) is 13.4. The van der Waals surface area contributed by atoms with Crippen LogP contribution in [-0.4, -0.2) is 57.0 Å². The summed E-state index contributed by atoms with van der Waals surface area (Å²) in [5.74, 6) is 0.00266. The van der Waals surface area contributed by atoms with Gasteiger partial charge in [0, 0.05) is 49.3 Å². The predicted octanol–water partition coefficient (Wildman–Crippen LogP) is 1.68. The van der Waals surface area contributed by atoms with Crippen LogP contribution in [0.25, 0.3) is 5.69 Å². The minimum atomic E-state index is -0.180. The number of hydrogen-bond donors (Lipinski definition) is 0. The summed E-state index contributed by atoms with van der Waals surface area (Å²) in [7, 11) is 0. The van der Waals surface area contributed by atoms with Crippen molar-refractivity contribution in [2.24, 2.45) is 0 Å². The predicted molar refractivity (Wildman–Crippen MR) is 88.6 cm³/mol. The summed E-state index contributed by atoms with van der Waals surface area (Å²) in [6, 6.07) is 10.2. The van der Waals surface area contributed by atoms with Gasteiger partial charge >= 0.3 is 0 Å². The third-order valence-corrected chi connectivity index (χ3v) is 4.79. The summed E-state index contributed by atoms with van der Waals surface area (Å²) in [4.78, 5) is 20.8. The third kappa shape index (κ3) is 2.79. The number of rotatable bonds is 3.